The summed E-state index contributed by atoms with van der Waals surface area (Å²) in [6.45, 7) is 0. The molecule has 0 aliphatic rings. The van der Waals surface area contributed by atoms with Gasteiger partial charge in [-0.25, -0.2) is 0 Å². The second-order valence-electron chi connectivity index (χ2n) is 4.00. The lowest BCUT2D eigenvalue weighted by Crippen LogP contribution is -2.14. The third-order valence-electron chi connectivity index (χ3n) is 2.58. The number of halogens is 2. The predicted octanol–water partition coefficient (Wildman–Crippen LogP) is 4.28. The number of nitrogens with zero attached hydrogens (tertiary/aromatic N) is 2. The first-order chi connectivity index (χ1) is 10.1. The van der Waals surface area contributed by atoms with Crippen LogP contribution >= 0.6 is 27.5 Å². The van der Waals surface area contributed by atoms with Crippen LogP contribution in [0.5, 0.6) is 0 Å². The lowest BCUT2D eigenvalue weighted by molar-refractivity contribution is 0.106. The molecule has 0 aromatic heterocycles. The molecule has 1 N–H and O–H groups in total. The van der Waals surface area contributed by atoms with E-state index in [9.17, 15) is 4.79 Å². The van der Waals surface area contributed by atoms with E-state index in [0.717, 1.165) is 4.47 Å². The van der Waals surface area contributed by atoms with Gasteiger partial charge in [0.05, 0.1) is 10.7 Å². The molecular formula is C15H9BrClN3O. The maximum Gasteiger partial charge on any atom is 0.225 e. The first-order valence-electron chi connectivity index (χ1n) is 5.90. The Kier molecular flexibility index (Phi) is 5.09. The van der Waals surface area contributed by atoms with Crippen molar-refractivity contribution in [3.05, 3.63) is 63.6 Å². The second kappa shape index (κ2) is 7.02. The number of hydrazone groups is 1. The largest absolute Gasteiger partial charge is 0.286 e. The quantitative estimate of drug-likeness (QED) is 0.501. The van der Waals surface area contributed by atoms with E-state index in [1.54, 1.807) is 42.5 Å². The van der Waals surface area contributed by atoms with Crippen LogP contribution in [0.3, 0.4) is 0 Å². The Bertz CT molecular complexity index is 735. The van der Waals surface area contributed by atoms with Crippen LogP contribution in [-0.2, 0) is 0 Å². The van der Waals surface area contributed by atoms with Crippen LogP contribution < -0.4 is 5.43 Å². The average Bonchev–Trinajstić information content (AvgIpc) is 2.50. The highest BCUT2D eigenvalue weighted by Crippen LogP contribution is 2.17. The van der Waals surface area contributed by atoms with Gasteiger partial charge in [-0.3, -0.25) is 10.2 Å². The van der Waals surface area contributed by atoms with Gasteiger partial charge in [-0.15, -0.1) is 0 Å². The molecule has 0 aliphatic carbocycles. The summed E-state index contributed by atoms with van der Waals surface area (Å²) in [4.78, 5) is 12.2. The standard InChI is InChI=1S/C15H9BrClN3O/c16-10-5-7-11(8-6-10)19-20-14(9-18)15(21)12-3-1-2-4-13(12)17/h1-8,19H/b20-14-. The van der Waals surface area contributed by atoms with Crippen molar-refractivity contribution in [1.82, 2.24) is 0 Å². The lowest BCUT2D eigenvalue weighted by atomic mass is 10.1. The number of carbonyl (C=O) groups is 1. The van der Waals surface area contributed by atoms with Crippen LogP contribution in [0, 0.1) is 11.3 Å². The van der Waals surface area contributed by atoms with Crippen molar-refractivity contribution in [2.24, 2.45) is 5.10 Å². The Balaban J connectivity index is 2.22. The zero-order chi connectivity index (χ0) is 15.2. The minimum atomic E-state index is -0.521. The number of nitrogens with one attached hydrogen (secondary N) is 1. The molecule has 0 radical (unpaired) electrons. The van der Waals surface area contributed by atoms with Crippen LogP contribution in [0.1, 0.15) is 10.4 Å². The van der Waals surface area contributed by atoms with Crippen LogP contribution in [0.25, 0.3) is 0 Å². The molecule has 2 aromatic carbocycles. The van der Waals surface area contributed by atoms with Gasteiger partial charge < -0.3 is 0 Å². The van der Waals surface area contributed by atoms with Gasteiger partial charge in [-0.05, 0) is 36.4 Å². The Morgan fingerprint density at radius 3 is 2.48 bits per heavy atom. The van der Waals surface area contributed by atoms with E-state index >= 15 is 0 Å². The molecule has 0 aliphatic heterocycles. The number of benzene rings is 2. The first kappa shape index (κ1) is 15.2. The lowest BCUT2D eigenvalue weighted by Gasteiger charge is -2.03. The zero-order valence-electron chi connectivity index (χ0n) is 10.7. The molecule has 0 fully saturated rings. The van der Waals surface area contributed by atoms with Crippen molar-refractivity contribution < 1.29 is 4.79 Å². The molecule has 0 bridgehead atoms. The number of anilines is 1. The normalized spacial score (nSPS) is 10.8. The molecule has 104 valence electrons. The van der Waals surface area contributed by atoms with Crippen molar-refractivity contribution >= 4 is 44.7 Å². The van der Waals surface area contributed by atoms with E-state index in [1.165, 1.54) is 0 Å². The molecule has 0 saturated carbocycles. The fourth-order valence-corrected chi connectivity index (χ4v) is 2.03. The summed E-state index contributed by atoms with van der Waals surface area (Å²) in [5, 5.41) is 13.2. The van der Waals surface area contributed by atoms with Gasteiger partial charge in [0, 0.05) is 10.0 Å². The molecule has 0 saturated heterocycles. The molecule has 6 heteroatoms. The van der Waals surface area contributed by atoms with Crippen molar-refractivity contribution in [2.45, 2.75) is 0 Å². The van der Waals surface area contributed by atoms with Crippen molar-refractivity contribution in [1.29, 1.82) is 5.26 Å². The minimum Gasteiger partial charge on any atom is -0.286 e. The van der Waals surface area contributed by atoms with E-state index in [1.807, 2.05) is 12.1 Å². The van der Waals surface area contributed by atoms with Crippen LogP contribution in [0.15, 0.2) is 58.1 Å². The molecule has 0 atom stereocenters. The SMILES string of the molecule is N#C/C(=N/Nc1ccc(Br)cc1)C(=O)c1ccccc1Cl. The molecule has 0 heterocycles. The summed E-state index contributed by atoms with van der Waals surface area (Å²) in [5.74, 6) is -0.521. The third kappa shape index (κ3) is 3.91. The Morgan fingerprint density at radius 1 is 1.19 bits per heavy atom. The highest BCUT2D eigenvalue weighted by atomic mass is 79.9. The highest BCUT2D eigenvalue weighted by Gasteiger charge is 2.16. The second-order valence-corrected chi connectivity index (χ2v) is 5.32. The number of ketones is 1. The van der Waals surface area contributed by atoms with E-state index in [2.05, 4.69) is 26.5 Å². The Hall–Kier alpha value is -2.16. The third-order valence-corrected chi connectivity index (χ3v) is 3.44. The number of hydrogen-bond donors (Lipinski definition) is 1. The fraction of sp³-hybridized carbons (Fsp3) is 0. The molecule has 4 nitrogen and oxygen atoms in total. The van der Waals surface area contributed by atoms with Gasteiger partial charge in [0.1, 0.15) is 6.07 Å². The number of hydrogen-bond acceptors (Lipinski definition) is 4. The van der Waals surface area contributed by atoms with E-state index in [-0.39, 0.29) is 16.3 Å². The van der Waals surface area contributed by atoms with Crippen molar-refractivity contribution in [2.75, 3.05) is 5.43 Å². The van der Waals surface area contributed by atoms with E-state index in [0.29, 0.717) is 5.69 Å². The summed E-state index contributed by atoms with van der Waals surface area (Å²) in [5.41, 5.74) is 3.33. The zero-order valence-corrected chi connectivity index (χ0v) is 13.0. The summed E-state index contributed by atoms with van der Waals surface area (Å²) in [7, 11) is 0. The molecule has 0 amide bonds. The van der Waals surface area contributed by atoms with Gasteiger partial charge in [-0.2, -0.15) is 10.4 Å². The van der Waals surface area contributed by atoms with Crippen LogP contribution in [0.4, 0.5) is 5.69 Å². The topological polar surface area (TPSA) is 65.2 Å². The molecule has 0 spiro atoms. The van der Waals surface area contributed by atoms with Crippen molar-refractivity contribution in [3.8, 4) is 6.07 Å². The fourth-order valence-electron chi connectivity index (χ4n) is 1.54. The average molecular weight is 363 g/mol. The van der Waals surface area contributed by atoms with E-state index in [4.69, 9.17) is 16.9 Å². The summed E-state index contributed by atoms with van der Waals surface area (Å²) in [6, 6.07) is 15.5. The van der Waals surface area contributed by atoms with Crippen molar-refractivity contribution in [3.63, 3.8) is 0 Å². The van der Waals surface area contributed by atoms with Gasteiger partial charge in [-0.1, -0.05) is 39.7 Å². The number of Topliss-reactive ketones (excluding diaryl/α,β-unsaturated/α-hetero) is 1. The number of nitriles is 1. The summed E-state index contributed by atoms with van der Waals surface area (Å²) in [6.07, 6.45) is 0. The van der Waals surface area contributed by atoms with E-state index < -0.39 is 5.78 Å². The molecule has 0 unspecified atom stereocenters. The molecular weight excluding hydrogens is 354 g/mol. The summed E-state index contributed by atoms with van der Waals surface area (Å²) < 4.78 is 0.921. The van der Waals surface area contributed by atoms with Crippen LogP contribution in [-0.4, -0.2) is 11.5 Å². The highest BCUT2D eigenvalue weighted by molar-refractivity contribution is 9.10. The molecule has 2 rings (SSSR count). The molecule has 2 aromatic rings. The van der Waals surface area contributed by atoms with Gasteiger partial charge in [0.2, 0.25) is 11.5 Å². The maximum absolute atomic E-state index is 12.2. The Labute approximate surface area is 135 Å². The maximum atomic E-state index is 12.2. The van der Waals surface area contributed by atoms with Gasteiger partial charge in [0.25, 0.3) is 0 Å². The van der Waals surface area contributed by atoms with Gasteiger partial charge in [0.15, 0.2) is 0 Å². The minimum absolute atomic E-state index is 0.247. The monoisotopic (exact) mass is 361 g/mol. The number of carbonyl (C=O) groups excluding carboxylic acids is 1. The molecule has 21 heavy (non-hydrogen) atoms. The van der Waals surface area contributed by atoms with Gasteiger partial charge >= 0.3 is 0 Å². The smallest absolute Gasteiger partial charge is 0.225 e. The van der Waals surface area contributed by atoms with Crippen LogP contribution in [0.2, 0.25) is 5.02 Å². The Morgan fingerprint density at radius 2 is 1.86 bits per heavy atom. The number of rotatable bonds is 4. The first-order valence-corrected chi connectivity index (χ1v) is 7.07. The summed E-state index contributed by atoms with van der Waals surface area (Å²) >= 11 is 9.26. The predicted molar refractivity (Wildman–Crippen MR) is 86.6 cm³/mol.